The first-order valence-corrected chi connectivity index (χ1v) is 9.43. The number of anilines is 5. The van der Waals surface area contributed by atoms with Gasteiger partial charge in [-0.15, -0.1) is 0 Å². The molecule has 4 aromatic rings. The summed E-state index contributed by atoms with van der Waals surface area (Å²) in [6.07, 6.45) is 1.52. The summed E-state index contributed by atoms with van der Waals surface area (Å²) in [5.41, 5.74) is 8.82. The zero-order chi connectivity index (χ0) is 19.5. The van der Waals surface area contributed by atoms with Gasteiger partial charge >= 0.3 is 0 Å². The second-order valence-electron chi connectivity index (χ2n) is 6.34. The standard InChI is InChI=1S/C22H20ClN5/c1-2-28(19-12-5-8-15-7-3-4-11-18(15)19)22-20(24)21(25-14-26-22)27-17-10-6-9-16(23)13-17/h3-14H,2,24H2,1H3,(H,25,26,27). The first-order chi connectivity index (χ1) is 13.7. The number of benzene rings is 3. The first kappa shape index (κ1) is 18.1. The van der Waals surface area contributed by atoms with Crippen LogP contribution in [-0.4, -0.2) is 16.5 Å². The van der Waals surface area contributed by atoms with Gasteiger partial charge in [-0.25, -0.2) is 9.97 Å². The summed E-state index contributed by atoms with van der Waals surface area (Å²) in [5.74, 6) is 1.21. The summed E-state index contributed by atoms with van der Waals surface area (Å²) in [5, 5.41) is 6.19. The highest BCUT2D eigenvalue weighted by molar-refractivity contribution is 6.30. The number of nitrogens with two attached hydrogens (primary N) is 1. The quantitative estimate of drug-likeness (QED) is 0.453. The third kappa shape index (κ3) is 3.44. The molecule has 3 N–H and O–H groups in total. The summed E-state index contributed by atoms with van der Waals surface area (Å²) >= 11 is 6.08. The topological polar surface area (TPSA) is 67.1 Å². The van der Waals surface area contributed by atoms with Crippen molar-refractivity contribution in [3.63, 3.8) is 0 Å². The number of hydrogen-bond donors (Lipinski definition) is 2. The van der Waals surface area contributed by atoms with Crippen LogP contribution in [0.25, 0.3) is 10.8 Å². The molecule has 0 saturated carbocycles. The van der Waals surface area contributed by atoms with Crippen LogP contribution in [-0.2, 0) is 0 Å². The predicted octanol–water partition coefficient (Wildman–Crippen LogP) is 5.77. The number of fused-ring (bicyclic) bond motifs is 1. The third-order valence-corrected chi connectivity index (χ3v) is 4.81. The molecule has 0 aliphatic rings. The van der Waals surface area contributed by atoms with Crippen LogP contribution in [0.2, 0.25) is 5.02 Å². The molecule has 0 radical (unpaired) electrons. The molecule has 4 rings (SSSR count). The van der Waals surface area contributed by atoms with Crippen LogP contribution in [0.15, 0.2) is 73.1 Å². The Balaban J connectivity index is 1.77. The lowest BCUT2D eigenvalue weighted by molar-refractivity contribution is 0.985. The molecule has 6 heteroatoms. The molecule has 0 fully saturated rings. The van der Waals surface area contributed by atoms with Crippen molar-refractivity contribution in [3.05, 3.63) is 78.1 Å². The van der Waals surface area contributed by atoms with E-state index < -0.39 is 0 Å². The number of nitrogen functional groups attached to an aromatic ring is 1. The lowest BCUT2D eigenvalue weighted by Crippen LogP contribution is -2.20. The van der Waals surface area contributed by atoms with E-state index in [0.717, 1.165) is 16.8 Å². The average molecular weight is 390 g/mol. The molecule has 0 aliphatic carbocycles. The summed E-state index contributed by atoms with van der Waals surface area (Å²) in [6, 6.07) is 21.9. The van der Waals surface area contributed by atoms with E-state index in [9.17, 15) is 0 Å². The molecule has 0 unspecified atom stereocenters. The Morgan fingerprint density at radius 2 is 1.79 bits per heavy atom. The molecule has 1 aromatic heterocycles. The van der Waals surface area contributed by atoms with E-state index in [1.807, 2.05) is 42.5 Å². The number of halogens is 1. The fourth-order valence-corrected chi connectivity index (χ4v) is 3.47. The van der Waals surface area contributed by atoms with E-state index >= 15 is 0 Å². The van der Waals surface area contributed by atoms with Gasteiger partial charge in [-0.1, -0.05) is 54.1 Å². The molecule has 0 aliphatic heterocycles. The van der Waals surface area contributed by atoms with Crippen molar-refractivity contribution >= 4 is 51.1 Å². The van der Waals surface area contributed by atoms with Gasteiger partial charge < -0.3 is 16.0 Å². The second-order valence-corrected chi connectivity index (χ2v) is 6.77. The molecule has 0 saturated heterocycles. The summed E-state index contributed by atoms with van der Waals surface area (Å²) in [4.78, 5) is 10.9. The number of rotatable bonds is 5. The van der Waals surface area contributed by atoms with Gasteiger partial charge in [0.1, 0.15) is 12.0 Å². The fraction of sp³-hybridized carbons (Fsp3) is 0.0909. The van der Waals surface area contributed by atoms with Gasteiger partial charge in [0.15, 0.2) is 11.6 Å². The monoisotopic (exact) mass is 389 g/mol. The van der Waals surface area contributed by atoms with E-state index in [4.69, 9.17) is 17.3 Å². The summed E-state index contributed by atoms with van der Waals surface area (Å²) in [7, 11) is 0. The molecule has 3 aromatic carbocycles. The molecule has 28 heavy (non-hydrogen) atoms. The number of aromatic nitrogens is 2. The van der Waals surface area contributed by atoms with Crippen molar-refractivity contribution < 1.29 is 0 Å². The Hall–Kier alpha value is -3.31. The van der Waals surface area contributed by atoms with E-state index in [-0.39, 0.29) is 0 Å². The molecule has 0 amide bonds. The lowest BCUT2D eigenvalue weighted by atomic mass is 10.1. The zero-order valence-electron chi connectivity index (χ0n) is 15.4. The molecule has 5 nitrogen and oxygen atoms in total. The van der Waals surface area contributed by atoms with Gasteiger partial charge in [-0.2, -0.15) is 0 Å². The molecular weight excluding hydrogens is 370 g/mol. The van der Waals surface area contributed by atoms with Crippen molar-refractivity contribution in [2.45, 2.75) is 6.92 Å². The van der Waals surface area contributed by atoms with E-state index in [1.165, 1.54) is 11.7 Å². The largest absolute Gasteiger partial charge is 0.393 e. The Morgan fingerprint density at radius 1 is 1.00 bits per heavy atom. The van der Waals surface area contributed by atoms with Crippen molar-refractivity contribution in [1.29, 1.82) is 0 Å². The van der Waals surface area contributed by atoms with Crippen molar-refractivity contribution in [1.82, 2.24) is 9.97 Å². The minimum atomic E-state index is 0.484. The Labute approximate surface area is 168 Å². The molecule has 0 spiro atoms. The van der Waals surface area contributed by atoms with Gasteiger partial charge in [-0.05, 0) is 36.6 Å². The van der Waals surface area contributed by atoms with Crippen molar-refractivity contribution in [2.75, 3.05) is 22.5 Å². The maximum atomic E-state index is 6.46. The van der Waals surface area contributed by atoms with Crippen LogP contribution in [0.5, 0.6) is 0 Å². The van der Waals surface area contributed by atoms with Crippen LogP contribution < -0.4 is 16.0 Å². The Morgan fingerprint density at radius 3 is 2.61 bits per heavy atom. The molecule has 0 atom stereocenters. The van der Waals surface area contributed by atoms with Crippen molar-refractivity contribution in [2.24, 2.45) is 0 Å². The SMILES string of the molecule is CCN(c1ncnc(Nc2cccc(Cl)c2)c1N)c1cccc2ccccc12. The maximum absolute atomic E-state index is 6.46. The van der Waals surface area contributed by atoms with Crippen molar-refractivity contribution in [3.8, 4) is 0 Å². The highest BCUT2D eigenvalue weighted by Crippen LogP contribution is 2.36. The smallest absolute Gasteiger partial charge is 0.161 e. The minimum Gasteiger partial charge on any atom is -0.393 e. The Bertz CT molecular complexity index is 1120. The summed E-state index contributed by atoms with van der Waals surface area (Å²) < 4.78 is 0. The highest BCUT2D eigenvalue weighted by Gasteiger charge is 2.17. The highest BCUT2D eigenvalue weighted by atomic mass is 35.5. The molecule has 0 bridgehead atoms. The predicted molar refractivity (Wildman–Crippen MR) is 118 cm³/mol. The van der Waals surface area contributed by atoms with Crippen LogP contribution in [0, 0.1) is 0 Å². The van der Waals surface area contributed by atoms with E-state index in [0.29, 0.717) is 28.9 Å². The zero-order valence-corrected chi connectivity index (χ0v) is 16.2. The lowest BCUT2D eigenvalue weighted by Gasteiger charge is -2.25. The van der Waals surface area contributed by atoms with Gasteiger partial charge in [0.2, 0.25) is 0 Å². The minimum absolute atomic E-state index is 0.484. The van der Waals surface area contributed by atoms with E-state index in [2.05, 4.69) is 51.4 Å². The van der Waals surface area contributed by atoms with Gasteiger partial charge in [0, 0.05) is 22.6 Å². The molecule has 140 valence electrons. The summed E-state index contributed by atoms with van der Waals surface area (Å²) in [6.45, 7) is 2.79. The van der Waals surface area contributed by atoms with Crippen LogP contribution in [0.1, 0.15) is 6.92 Å². The fourth-order valence-electron chi connectivity index (χ4n) is 3.28. The average Bonchev–Trinajstić information content (AvgIpc) is 2.71. The van der Waals surface area contributed by atoms with Gasteiger partial charge in [0.25, 0.3) is 0 Å². The van der Waals surface area contributed by atoms with Crippen LogP contribution >= 0.6 is 11.6 Å². The number of hydrogen-bond acceptors (Lipinski definition) is 5. The van der Waals surface area contributed by atoms with E-state index in [1.54, 1.807) is 0 Å². The number of nitrogens with one attached hydrogen (secondary N) is 1. The van der Waals surface area contributed by atoms with Crippen LogP contribution in [0.3, 0.4) is 0 Å². The van der Waals surface area contributed by atoms with Crippen LogP contribution in [0.4, 0.5) is 28.7 Å². The first-order valence-electron chi connectivity index (χ1n) is 9.05. The maximum Gasteiger partial charge on any atom is 0.161 e. The second kappa shape index (κ2) is 7.74. The molecular formula is C22H20ClN5. The molecule has 1 heterocycles. The van der Waals surface area contributed by atoms with Gasteiger partial charge in [0.05, 0.1) is 5.69 Å². The van der Waals surface area contributed by atoms with Gasteiger partial charge in [-0.3, -0.25) is 0 Å². The normalized spacial score (nSPS) is 10.8. The third-order valence-electron chi connectivity index (χ3n) is 4.58. The Kier molecular flexibility index (Phi) is 5.00. The number of nitrogens with zero attached hydrogens (tertiary/aromatic N) is 3.